The number of aliphatic hydroxyl groups is 1. The Morgan fingerprint density at radius 2 is 1.93 bits per heavy atom. The summed E-state index contributed by atoms with van der Waals surface area (Å²) in [5.74, 6) is 0.0780. The Kier molecular flexibility index (Phi) is 6.57. The molecule has 0 radical (unpaired) electrons. The lowest BCUT2D eigenvalue weighted by Crippen LogP contribution is -2.49. The molecule has 1 saturated heterocycles. The van der Waals surface area contributed by atoms with Crippen LogP contribution in [0.2, 0.25) is 0 Å². The van der Waals surface area contributed by atoms with Gasteiger partial charge in [-0.25, -0.2) is 14.4 Å². The van der Waals surface area contributed by atoms with Crippen LogP contribution in [0.5, 0.6) is 6.01 Å². The van der Waals surface area contributed by atoms with Gasteiger partial charge in [0.25, 0.3) is 0 Å². The second-order valence-corrected chi connectivity index (χ2v) is 8.26. The van der Waals surface area contributed by atoms with Crippen molar-refractivity contribution >= 4 is 6.41 Å². The second-order valence-electron chi connectivity index (χ2n) is 8.26. The van der Waals surface area contributed by atoms with Gasteiger partial charge in [-0.1, -0.05) is 37.5 Å². The molecule has 1 aromatic carbocycles. The minimum absolute atomic E-state index is 0.0339. The number of rotatable bonds is 6. The Morgan fingerprint density at radius 1 is 1.17 bits per heavy atom. The van der Waals surface area contributed by atoms with E-state index in [0.717, 1.165) is 19.3 Å². The van der Waals surface area contributed by atoms with E-state index in [0.29, 0.717) is 23.6 Å². The van der Waals surface area contributed by atoms with E-state index in [2.05, 4.69) is 9.97 Å². The molecule has 1 aromatic heterocycles. The average molecular weight is 413 g/mol. The second kappa shape index (κ2) is 9.51. The van der Waals surface area contributed by atoms with Gasteiger partial charge in [0.2, 0.25) is 6.41 Å². The topological polar surface area (TPSA) is 75.6 Å². The van der Waals surface area contributed by atoms with Crippen molar-refractivity contribution in [1.82, 2.24) is 14.9 Å². The molecule has 1 aliphatic carbocycles. The van der Waals surface area contributed by atoms with Gasteiger partial charge in [-0.3, -0.25) is 4.79 Å². The molecule has 1 amide bonds. The van der Waals surface area contributed by atoms with Crippen LogP contribution < -0.4 is 4.74 Å². The van der Waals surface area contributed by atoms with Crippen molar-refractivity contribution < 1.29 is 19.0 Å². The molecule has 7 heteroatoms. The molecular formula is C23H28FN3O3. The molecule has 0 bridgehead atoms. The number of halogens is 1. The number of nitrogens with zero attached hydrogens (tertiary/aromatic N) is 3. The van der Waals surface area contributed by atoms with Crippen LogP contribution in [0.25, 0.3) is 11.1 Å². The van der Waals surface area contributed by atoms with Crippen LogP contribution in [0.1, 0.15) is 50.5 Å². The standard InChI is InChI=1S/C23H28FN3O3/c24-22-17(14-28)7-4-8-20(22)18-12-25-23(26-13-18)30-19-9-10-27(15-29)21(11-19)16-5-2-1-3-6-16/h4,7-8,12-13,15-16,19,21,28H,1-3,5-6,9-11,14H2. The van der Waals surface area contributed by atoms with Crippen LogP contribution in [0.3, 0.4) is 0 Å². The van der Waals surface area contributed by atoms with Crippen LogP contribution in [0, 0.1) is 11.7 Å². The Hall–Kier alpha value is -2.54. The summed E-state index contributed by atoms with van der Waals surface area (Å²) in [6.07, 6.45) is 11.7. The average Bonchev–Trinajstić information content (AvgIpc) is 2.80. The molecule has 2 atom stereocenters. The van der Waals surface area contributed by atoms with Crippen LogP contribution >= 0.6 is 0 Å². The molecule has 2 heterocycles. The first-order valence-electron chi connectivity index (χ1n) is 10.8. The Labute approximate surface area is 176 Å². The zero-order valence-electron chi connectivity index (χ0n) is 17.0. The number of amides is 1. The summed E-state index contributed by atoms with van der Waals surface area (Å²) in [5, 5.41) is 9.25. The third-order valence-electron chi connectivity index (χ3n) is 6.43. The Balaban J connectivity index is 1.43. The van der Waals surface area contributed by atoms with E-state index in [-0.39, 0.29) is 30.3 Å². The van der Waals surface area contributed by atoms with Crippen molar-refractivity contribution in [3.63, 3.8) is 0 Å². The maximum absolute atomic E-state index is 14.4. The van der Waals surface area contributed by atoms with Crippen molar-refractivity contribution in [3.8, 4) is 17.1 Å². The highest BCUT2D eigenvalue weighted by Crippen LogP contribution is 2.34. The van der Waals surface area contributed by atoms with E-state index in [1.807, 2.05) is 4.90 Å². The van der Waals surface area contributed by atoms with Crippen LogP contribution in [0.15, 0.2) is 30.6 Å². The molecule has 2 aliphatic rings. The lowest BCUT2D eigenvalue weighted by atomic mass is 9.79. The predicted molar refractivity (Wildman–Crippen MR) is 110 cm³/mol. The molecule has 6 nitrogen and oxygen atoms in total. The number of hydrogen-bond acceptors (Lipinski definition) is 5. The van der Waals surface area contributed by atoms with Crippen molar-refractivity contribution in [3.05, 3.63) is 42.0 Å². The third kappa shape index (κ3) is 4.46. The first-order chi connectivity index (χ1) is 14.7. The minimum Gasteiger partial charge on any atom is -0.460 e. The number of hydrogen-bond donors (Lipinski definition) is 1. The van der Waals surface area contributed by atoms with Gasteiger partial charge in [-0.15, -0.1) is 0 Å². The van der Waals surface area contributed by atoms with Gasteiger partial charge in [0.05, 0.1) is 6.61 Å². The zero-order chi connectivity index (χ0) is 20.9. The van der Waals surface area contributed by atoms with E-state index in [1.165, 1.54) is 32.1 Å². The lowest BCUT2D eigenvalue weighted by molar-refractivity contribution is -0.124. The number of piperidine rings is 1. The number of carbonyl (C=O) groups excluding carboxylic acids is 1. The minimum atomic E-state index is -0.464. The number of aliphatic hydroxyl groups excluding tert-OH is 1. The number of likely N-dealkylation sites (tertiary alicyclic amines) is 1. The molecular weight excluding hydrogens is 385 g/mol. The SMILES string of the molecule is O=CN1CCC(Oc2ncc(-c3cccc(CO)c3F)cn2)CC1C1CCCCC1. The molecule has 2 aromatic rings. The van der Waals surface area contributed by atoms with Gasteiger partial charge in [-0.2, -0.15) is 0 Å². The molecule has 1 N–H and O–H groups in total. The van der Waals surface area contributed by atoms with Crippen LogP contribution in [-0.2, 0) is 11.4 Å². The Bertz CT molecular complexity index is 855. The fraction of sp³-hybridized carbons (Fsp3) is 0.522. The van der Waals surface area contributed by atoms with Crippen molar-refractivity contribution in [2.75, 3.05) is 6.54 Å². The molecule has 1 saturated carbocycles. The van der Waals surface area contributed by atoms with Crippen molar-refractivity contribution in [2.45, 2.75) is 63.7 Å². The fourth-order valence-electron chi connectivity index (χ4n) is 4.79. The summed E-state index contributed by atoms with van der Waals surface area (Å²) in [7, 11) is 0. The van der Waals surface area contributed by atoms with Gasteiger partial charge in [0, 0.05) is 54.5 Å². The smallest absolute Gasteiger partial charge is 0.316 e. The maximum Gasteiger partial charge on any atom is 0.316 e. The maximum atomic E-state index is 14.4. The van der Waals surface area contributed by atoms with Gasteiger partial charge in [-0.05, 0) is 18.8 Å². The van der Waals surface area contributed by atoms with Crippen LogP contribution in [0.4, 0.5) is 4.39 Å². The van der Waals surface area contributed by atoms with E-state index >= 15 is 0 Å². The number of aromatic nitrogens is 2. The molecule has 0 spiro atoms. The quantitative estimate of drug-likeness (QED) is 0.731. The molecule has 30 heavy (non-hydrogen) atoms. The first kappa shape index (κ1) is 20.7. The highest BCUT2D eigenvalue weighted by atomic mass is 19.1. The largest absolute Gasteiger partial charge is 0.460 e. The monoisotopic (exact) mass is 413 g/mol. The van der Waals surface area contributed by atoms with Crippen molar-refractivity contribution in [2.24, 2.45) is 5.92 Å². The summed E-state index contributed by atoms with van der Waals surface area (Å²) < 4.78 is 20.5. The normalized spacial score (nSPS) is 22.7. The molecule has 2 unspecified atom stereocenters. The fourth-order valence-corrected chi connectivity index (χ4v) is 4.79. The van der Waals surface area contributed by atoms with Gasteiger partial charge in [0.1, 0.15) is 11.9 Å². The Morgan fingerprint density at radius 3 is 2.63 bits per heavy atom. The summed E-state index contributed by atoms with van der Waals surface area (Å²) >= 11 is 0. The summed E-state index contributed by atoms with van der Waals surface area (Å²) in [6.45, 7) is 0.329. The van der Waals surface area contributed by atoms with Crippen LogP contribution in [-0.4, -0.2) is 45.1 Å². The number of ether oxygens (including phenoxy) is 1. The third-order valence-corrected chi connectivity index (χ3v) is 6.43. The zero-order valence-corrected chi connectivity index (χ0v) is 17.0. The highest BCUT2D eigenvalue weighted by Gasteiger charge is 2.35. The van der Waals surface area contributed by atoms with E-state index < -0.39 is 5.82 Å². The van der Waals surface area contributed by atoms with Gasteiger partial charge < -0.3 is 14.7 Å². The lowest BCUT2D eigenvalue weighted by Gasteiger charge is -2.42. The number of benzene rings is 1. The summed E-state index contributed by atoms with van der Waals surface area (Å²) in [4.78, 5) is 22.0. The first-order valence-corrected chi connectivity index (χ1v) is 10.8. The molecule has 4 rings (SSSR count). The molecule has 2 fully saturated rings. The molecule has 160 valence electrons. The number of carbonyl (C=O) groups is 1. The van der Waals surface area contributed by atoms with E-state index in [1.54, 1.807) is 30.6 Å². The van der Waals surface area contributed by atoms with Gasteiger partial charge in [0.15, 0.2) is 0 Å². The molecule has 1 aliphatic heterocycles. The summed E-state index contributed by atoms with van der Waals surface area (Å²) in [5.41, 5.74) is 1.12. The van der Waals surface area contributed by atoms with Gasteiger partial charge >= 0.3 is 6.01 Å². The highest BCUT2D eigenvalue weighted by molar-refractivity contribution is 5.63. The predicted octanol–water partition coefficient (Wildman–Crippen LogP) is 3.72. The van der Waals surface area contributed by atoms with E-state index in [4.69, 9.17) is 4.74 Å². The van der Waals surface area contributed by atoms with Crippen molar-refractivity contribution in [1.29, 1.82) is 0 Å². The van der Waals surface area contributed by atoms with E-state index in [9.17, 15) is 14.3 Å². The summed E-state index contributed by atoms with van der Waals surface area (Å²) in [6, 6.07) is 5.37.